The van der Waals surface area contributed by atoms with E-state index in [0.29, 0.717) is 0 Å². The number of nitrogens with zero attached hydrogens (tertiary/aromatic N) is 1. The van der Waals surface area contributed by atoms with E-state index in [0.717, 1.165) is 0 Å². The van der Waals surface area contributed by atoms with Gasteiger partial charge in [-0.3, -0.25) is 9.69 Å². The predicted molar refractivity (Wildman–Crippen MR) is 43.0 cm³/mol. The summed E-state index contributed by atoms with van der Waals surface area (Å²) >= 11 is 0. The van der Waals surface area contributed by atoms with Gasteiger partial charge in [0.15, 0.2) is 0 Å². The molecule has 0 aliphatic carbocycles. The number of likely N-dealkylation sites (N-methyl/N-ethyl adjacent to an activating group) is 1. The van der Waals surface area contributed by atoms with Gasteiger partial charge in [0, 0.05) is 5.54 Å². The van der Waals surface area contributed by atoms with Crippen LogP contribution in [0.3, 0.4) is 0 Å². The number of carbonyl (C=O) groups excluding carboxylic acids is 1. The van der Waals surface area contributed by atoms with E-state index in [2.05, 4.69) is 0 Å². The molecule has 0 heterocycles. The first kappa shape index (κ1) is 10.4. The molecule has 4 nitrogen and oxygen atoms in total. The zero-order chi connectivity index (χ0) is 9.07. The Balaban J connectivity index is 4.01. The van der Waals surface area contributed by atoms with E-state index in [-0.39, 0.29) is 24.6 Å². The van der Waals surface area contributed by atoms with Crippen molar-refractivity contribution in [2.24, 2.45) is 5.73 Å². The van der Waals surface area contributed by atoms with Crippen molar-refractivity contribution in [2.45, 2.75) is 19.4 Å². The third kappa shape index (κ3) is 3.34. The molecule has 66 valence electrons. The Morgan fingerprint density at radius 3 is 2.36 bits per heavy atom. The van der Waals surface area contributed by atoms with Gasteiger partial charge in [-0.05, 0) is 20.9 Å². The molecule has 0 unspecified atom stereocenters. The van der Waals surface area contributed by atoms with E-state index in [1.807, 2.05) is 13.8 Å². The summed E-state index contributed by atoms with van der Waals surface area (Å²) in [7, 11) is 1.75. The highest BCUT2D eigenvalue weighted by Gasteiger charge is 2.22. The quantitative estimate of drug-likeness (QED) is 0.564. The Morgan fingerprint density at radius 2 is 2.09 bits per heavy atom. The highest BCUT2D eigenvalue weighted by atomic mass is 16.3. The second kappa shape index (κ2) is 3.69. The summed E-state index contributed by atoms with van der Waals surface area (Å²) in [5, 5.41) is 8.88. The Morgan fingerprint density at radius 1 is 1.64 bits per heavy atom. The lowest BCUT2D eigenvalue weighted by Gasteiger charge is -2.32. The first-order chi connectivity index (χ1) is 4.90. The number of amides is 1. The number of nitrogens with two attached hydrogens (primary N) is 1. The number of primary amides is 1. The van der Waals surface area contributed by atoms with Crippen LogP contribution in [-0.2, 0) is 4.79 Å². The smallest absolute Gasteiger partial charge is 0.231 e. The number of rotatable bonds is 4. The van der Waals surface area contributed by atoms with E-state index < -0.39 is 0 Å². The normalized spacial score (nSPS) is 12.1. The average molecular weight is 160 g/mol. The van der Waals surface area contributed by atoms with Gasteiger partial charge in [0.05, 0.1) is 13.2 Å². The van der Waals surface area contributed by atoms with Gasteiger partial charge in [-0.2, -0.15) is 0 Å². The number of hydrogen-bond donors (Lipinski definition) is 2. The first-order valence-corrected chi connectivity index (χ1v) is 3.50. The minimum Gasteiger partial charge on any atom is -0.394 e. The molecule has 0 spiro atoms. The van der Waals surface area contributed by atoms with Crippen molar-refractivity contribution >= 4 is 5.91 Å². The van der Waals surface area contributed by atoms with Gasteiger partial charge in [-0.1, -0.05) is 0 Å². The van der Waals surface area contributed by atoms with Crippen LogP contribution in [0.2, 0.25) is 0 Å². The summed E-state index contributed by atoms with van der Waals surface area (Å²) in [6.07, 6.45) is 0. The molecular formula is C7H16N2O2. The largest absolute Gasteiger partial charge is 0.394 e. The van der Waals surface area contributed by atoms with Crippen molar-refractivity contribution in [1.82, 2.24) is 4.90 Å². The minimum absolute atomic E-state index is 0.0107. The van der Waals surface area contributed by atoms with Gasteiger partial charge in [0.2, 0.25) is 5.91 Å². The predicted octanol–water partition coefficient (Wildman–Crippen LogP) is -0.826. The van der Waals surface area contributed by atoms with Crippen molar-refractivity contribution in [3.63, 3.8) is 0 Å². The Labute approximate surface area is 67.0 Å². The lowest BCUT2D eigenvalue weighted by Crippen LogP contribution is -2.47. The summed E-state index contributed by atoms with van der Waals surface area (Å²) in [6, 6.07) is 0. The third-order valence-corrected chi connectivity index (χ3v) is 1.81. The first-order valence-electron chi connectivity index (χ1n) is 3.50. The molecule has 0 atom stereocenters. The standard InChI is InChI=1S/C7H16N2O2/c1-7(2,5-10)9(3)4-6(8)11/h10H,4-5H2,1-3H3,(H2,8,11). The van der Waals surface area contributed by atoms with E-state index >= 15 is 0 Å². The van der Waals surface area contributed by atoms with Gasteiger partial charge in [0.1, 0.15) is 0 Å². The molecule has 0 aromatic carbocycles. The van der Waals surface area contributed by atoms with Crippen molar-refractivity contribution in [3.8, 4) is 0 Å². The van der Waals surface area contributed by atoms with E-state index in [1.165, 1.54) is 0 Å². The summed E-state index contributed by atoms with van der Waals surface area (Å²) in [5.74, 6) is -0.381. The fourth-order valence-corrected chi connectivity index (χ4v) is 0.568. The molecule has 0 aromatic heterocycles. The molecule has 0 rings (SSSR count). The summed E-state index contributed by atoms with van der Waals surface area (Å²) < 4.78 is 0. The van der Waals surface area contributed by atoms with Crippen molar-refractivity contribution in [1.29, 1.82) is 0 Å². The van der Waals surface area contributed by atoms with Crippen LogP contribution >= 0.6 is 0 Å². The minimum atomic E-state index is -0.381. The summed E-state index contributed by atoms with van der Waals surface area (Å²) in [5.41, 5.74) is 4.60. The van der Waals surface area contributed by atoms with Gasteiger partial charge in [-0.15, -0.1) is 0 Å². The molecule has 0 radical (unpaired) electrons. The number of aliphatic hydroxyl groups excluding tert-OH is 1. The van der Waals surface area contributed by atoms with E-state index in [1.54, 1.807) is 11.9 Å². The van der Waals surface area contributed by atoms with Gasteiger partial charge in [0.25, 0.3) is 0 Å². The SMILES string of the molecule is CN(CC(N)=O)C(C)(C)CO. The molecule has 0 bridgehead atoms. The van der Waals surface area contributed by atoms with Crippen LogP contribution in [0.4, 0.5) is 0 Å². The van der Waals surface area contributed by atoms with E-state index in [9.17, 15) is 4.79 Å². The molecule has 0 fully saturated rings. The second-order valence-electron chi connectivity index (χ2n) is 3.29. The van der Waals surface area contributed by atoms with Crippen molar-refractivity contribution in [2.75, 3.05) is 20.2 Å². The van der Waals surface area contributed by atoms with Crippen LogP contribution in [0.15, 0.2) is 0 Å². The fraction of sp³-hybridized carbons (Fsp3) is 0.857. The molecule has 3 N–H and O–H groups in total. The molecule has 0 aliphatic rings. The van der Waals surface area contributed by atoms with Crippen molar-refractivity contribution < 1.29 is 9.90 Å². The maximum atomic E-state index is 10.5. The number of carbonyl (C=O) groups is 1. The van der Waals surface area contributed by atoms with Crippen LogP contribution in [0.25, 0.3) is 0 Å². The number of hydrogen-bond acceptors (Lipinski definition) is 3. The van der Waals surface area contributed by atoms with Gasteiger partial charge >= 0.3 is 0 Å². The zero-order valence-electron chi connectivity index (χ0n) is 7.29. The fourth-order valence-electron chi connectivity index (χ4n) is 0.568. The van der Waals surface area contributed by atoms with Crippen LogP contribution in [-0.4, -0.2) is 41.7 Å². The molecular weight excluding hydrogens is 144 g/mol. The molecule has 0 aliphatic heterocycles. The molecule has 1 amide bonds. The highest BCUT2D eigenvalue weighted by Crippen LogP contribution is 2.09. The van der Waals surface area contributed by atoms with E-state index in [4.69, 9.17) is 10.8 Å². The Kier molecular flexibility index (Phi) is 3.48. The third-order valence-electron chi connectivity index (χ3n) is 1.81. The molecule has 4 heteroatoms. The van der Waals surface area contributed by atoms with Crippen LogP contribution < -0.4 is 5.73 Å². The molecule has 11 heavy (non-hydrogen) atoms. The number of aliphatic hydroxyl groups is 1. The molecule has 0 saturated heterocycles. The summed E-state index contributed by atoms with van der Waals surface area (Å²) in [4.78, 5) is 12.2. The topological polar surface area (TPSA) is 66.6 Å². The van der Waals surface area contributed by atoms with Crippen LogP contribution in [0.1, 0.15) is 13.8 Å². The van der Waals surface area contributed by atoms with Crippen LogP contribution in [0, 0.1) is 0 Å². The maximum Gasteiger partial charge on any atom is 0.231 e. The average Bonchev–Trinajstić information content (AvgIpc) is 1.86. The maximum absolute atomic E-state index is 10.5. The van der Waals surface area contributed by atoms with Gasteiger partial charge in [-0.25, -0.2) is 0 Å². The van der Waals surface area contributed by atoms with Gasteiger partial charge < -0.3 is 10.8 Å². The highest BCUT2D eigenvalue weighted by molar-refractivity contribution is 5.75. The van der Waals surface area contributed by atoms with Crippen molar-refractivity contribution in [3.05, 3.63) is 0 Å². The van der Waals surface area contributed by atoms with Crippen LogP contribution in [0.5, 0.6) is 0 Å². The second-order valence-corrected chi connectivity index (χ2v) is 3.29. The Bertz CT molecular complexity index is 145. The molecule has 0 aromatic rings. The monoisotopic (exact) mass is 160 g/mol. The summed E-state index contributed by atoms with van der Waals surface area (Å²) in [6.45, 7) is 3.87. The molecule has 0 saturated carbocycles. The zero-order valence-corrected chi connectivity index (χ0v) is 7.29. The Hall–Kier alpha value is -0.610. The lowest BCUT2D eigenvalue weighted by molar-refractivity contribution is -0.120. The lowest BCUT2D eigenvalue weighted by atomic mass is 10.1.